The second-order valence-corrected chi connectivity index (χ2v) is 5.41. The third kappa shape index (κ3) is 4.87. The second-order valence-electron chi connectivity index (χ2n) is 5.41. The molecule has 0 aliphatic heterocycles. The molecule has 130 valence electrons. The maximum Gasteiger partial charge on any atom is 0.242 e. The molecule has 3 aromatic rings. The van der Waals surface area contributed by atoms with Crippen LogP contribution in [0.5, 0.6) is 5.75 Å². The van der Waals surface area contributed by atoms with E-state index >= 15 is 0 Å². The van der Waals surface area contributed by atoms with E-state index in [0.29, 0.717) is 18.0 Å². The fourth-order valence-electron chi connectivity index (χ4n) is 2.12. The van der Waals surface area contributed by atoms with Gasteiger partial charge in [-0.2, -0.15) is 5.10 Å². The number of aromatic nitrogens is 5. The standard InChI is InChI=1S/C16H17FN6O2/c1-22-7-6-13(20-22)8-18-16(24)10-23-9-14(19-21-23)11-25-15-4-2-12(17)3-5-15/h2-7,9H,8,10-11H2,1H3,(H,18,24). The average molecular weight is 344 g/mol. The largest absolute Gasteiger partial charge is 0.487 e. The molecule has 3 rings (SSSR count). The van der Waals surface area contributed by atoms with Crippen LogP contribution < -0.4 is 10.1 Å². The van der Waals surface area contributed by atoms with Gasteiger partial charge in [0.05, 0.1) is 18.4 Å². The van der Waals surface area contributed by atoms with Crippen molar-refractivity contribution in [2.75, 3.05) is 0 Å². The minimum atomic E-state index is -0.324. The number of ether oxygens (including phenoxy) is 1. The van der Waals surface area contributed by atoms with E-state index in [1.807, 2.05) is 19.3 Å². The Bertz CT molecular complexity index is 842. The van der Waals surface area contributed by atoms with E-state index < -0.39 is 0 Å². The van der Waals surface area contributed by atoms with E-state index in [1.165, 1.54) is 28.9 Å². The number of rotatable bonds is 7. The molecule has 2 heterocycles. The van der Waals surface area contributed by atoms with Gasteiger partial charge in [-0.3, -0.25) is 9.48 Å². The van der Waals surface area contributed by atoms with E-state index in [1.54, 1.807) is 10.9 Å². The van der Waals surface area contributed by atoms with Crippen LogP contribution >= 0.6 is 0 Å². The Kier molecular flexibility index (Phi) is 5.03. The molecule has 8 nitrogen and oxygen atoms in total. The van der Waals surface area contributed by atoms with Gasteiger partial charge in [-0.15, -0.1) is 5.10 Å². The maximum atomic E-state index is 12.8. The molecule has 1 N–H and O–H groups in total. The summed E-state index contributed by atoms with van der Waals surface area (Å²) in [5.74, 6) is 0.0145. The van der Waals surface area contributed by atoms with Gasteiger partial charge in [-0.1, -0.05) is 5.21 Å². The van der Waals surface area contributed by atoms with Crippen LogP contribution in [0.15, 0.2) is 42.7 Å². The Balaban J connectivity index is 1.45. The Morgan fingerprint density at radius 1 is 1.24 bits per heavy atom. The molecule has 9 heteroatoms. The van der Waals surface area contributed by atoms with E-state index in [4.69, 9.17) is 4.74 Å². The van der Waals surface area contributed by atoms with Gasteiger partial charge < -0.3 is 10.1 Å². The first-order valence-corrected chi connectivity index (χ1v) is 7.61. The van der Waals surface area contributed by atoms with Gasteiger partial charge in [0.25, 0.3) is 0 Å². The molecule has 0 saturated heterocycles. The molecular weight excluding hydrogens is 327 g/mol. The van der Waals surface area contributed by atoms with Crippen molar-refractivity contribution in [3.63, 3.8) is 0 Å². The van der Waals surface area contributed by atoms with Crippen LogP contribution in [0.4, 0.5) is 4.39 Å². The molecule has 0 aliphatic carbocycles. The number of hydrogen-bond acceptors (Lipinski definition) is 5. The topological polar surface area (TPSA) is 86.9 Å². The van der Waals surface area contributed by atoms with Gasteiger partial charge in [0.1, 0.15) is 30.4 Å². The lowest BCUT2D eigenvalue weighted by Crippen LogP contribution is -2.27. The normalized spacial score (nSPS) is 10.6. The molecule has 0 saturated carbocycles. The van der Waals surface area contributed by atoms with E-state index in [2.05, 4.69) is 20.7 Å². The molecule has 1 aromatic carbocycles. The van der Waals surface area contributed by atoms with Crippen molar-refractivity contribution < 1.29 is 13.9 Å². The van der Waals surface area contributed by atoms with Gasteiger partial charge in [-0.05, 0) is 30.3 Å². The average Bonchev–Trinajstić information content (AvgIpc) is 3.21. The number of aryl methyl sites for hydroxylation is 1. The van der Waals surface area contributed by atoms with Crippen LogP contribution in [0.2, 0.25) is 0 Å². The highest BCUT2D eigenvalue weighted by molar-refractivity contribution is 5.75. The highest BCUT2D eigenvalue weighted by Crippen LogP contribution is 2.12. The summed E-state index contributed by atoms with van der Waals surface area (Å²) in [4.78, 5) is 11.9. The molecule has 0 fully saturated rings. The predicted octanol–water partition coefficient (Wildman–Crippen LogP) is 1.05. The SMILES string of the molecule is Cn1ccc(CNC(=O)Cn2cc(COc3ccc(F)cc3)nn2)n1. The van der Waals surface area contributed by atoms with Gasteiger partial charge in [-0.25, -0.2) is 9.07 Å². The number of nitrogens with zero attached hydrogens (tertiary/aromatic N) is 5. The summed E-state index contributed by atoms with van der Waals surface area (Å²) >= 11 is 0. The number of carbonyl (C=O) groups excluding carboxylic acids is 1. The van der Waals surface area contributed by atoms with Crippen molar-refractivity contribution >= 4 is 5.91 Å². The van der Waals surface area contributed by atoms with E-state index in [0.717, 1.165) is 5.69 Å². The van der Waals surface area contributed by atoms with Gasteiger partial charge in [0.2, 0.25) is 5.91 Å². The molecule has 0 unspecified atom stereocenters. The van der Waals surface area contributed by atoms with Crippen LogP contribution in [0.1, 0.15) is 11.4 Å². The fraction of sp³-hybridized carbons (Fsp3) is 0.250. The molecular formula is C16H17FN6O2. The van der Waals surface area contributed by atoms with Crippen molar-refractivity contribution in [2.24, 2.45) is 7.05 Å². The lowest BCUT2D eigenvalue weighted by Gasteiger charge is -2.03. The van der Waals surface area contributed by atoms with Crippen LogP contribution in [-0.2, 0) is 31.5 Å². The first-order valence-electron chi connectivity index (χ1n) is 7.61. The van der Waals surface area contributed by atoms with Crippen molar-refractivity contribution in [1.29, 1.82) is 0 Å². The quantitative estimate of drug-likeness (QED) is 0.692. The van der Waals surface area contributed by atoms with Crippen LogP contribution in [0.25, 0.3) is 0 Å². The Morgan fingerprint density at radius 3 is 2.76 bits per heavy atom. The number of carbonyl (C=O) groups is 1. The third-order valence-electron chi connectivity index (χ3n) is 3.33. The molecule has 0 bridgehead atoms. The van der Waals surface area contributed by atoms with Crippen LogP contribution in [0, 0.1) is 5.82 Å². The monoisotopic (exact) mass is 344 g/mol. The highest BCUT2D eigenvalue weighted by Gasteiger charge is 2.07. The zero-order valence-electron chi connectivity index (χ0n) is 13.6. The minimum absolute atomic E-state index is 0.0520. The van der Waals surface area contributed by atoms with Crippen LogP contribution in [-0.4, -0.2) is 30.7 Å². The Labute approximate surface area is 143 Å². The van der Waals surface area contributed by atoms with Gasteiger partial charge in [0.15, 0.2) is 0 Å². The molecule has 2 aromatic heterocycles. The maximum absolute atomic E-state index is 12.8. The summed E-state index contributed by atoms with van der Waals surface area (Å²) in [5.41, 5.74) is 1.35. The molecule has 0 radical (unpaired) electrons. The van der Waals surface area contributed by atoms with E-state index in [9.17, 15) is 9.18 Å². The zero-order valence-corrected chi connectivity index (χ0v) is 13.6. The minimum Gasteiger partial charge on any atom is -0.487 e. The molecule has 0 atom stereocenters. The molecule has 1 amide bonds. The summed E-state index contributed by atoms with van der Waals surface area (Å²) in [6.45, 7) is 0.590. The van der Waals surface area contributed by atoms with Crippen molar-refractivity contribution in [3.8, 4) is 5.75 Å². The summed E-state index contributed by atoms with van der Waals surface area (Å²) in [5, 5.41) is 14.8. The number of nitrogens with one attached hydrogen (secondary N) is 1. The smallest absolute Gasteiger partial charge is 0.242 e. The van der Waals surface area contributed by atoms with Gasteiger partial charge in [0, 0.05) is 13.2 Å². The Morgan fingerprint density at radius 2 is 2.04 bits per heavy atom. The lowest BCUT2D eigenvalue weighted by molar-refractivity contribution is -0.122. The molecule has 0 aliphatic rings. The summed E-state index contributed by atoms with van der Waals surface area (Å²) in [6.07, 6.45) is 3.44. The number of benzene rings is 1. The fourth-order valence-corrected chi connectivity index (χ4v) is 2.12. The van der Waals surface area contributed by atoms with Crippen molar-refractivity contribution in [2.45, 2.75) is 19.7 Å². The Hall–Kier alpha value is -3.23. The zero-order chi connectivity index (χ0) is 17.6. The molecule has 25 heavy (non-hydrogen) atoms. The summed E-state index contributed by atoms with van der Waals surface area (Å²) in [7, 11) is 1.82. The summed E-state index contributed by atoms with van der Waals surface area (Å²) < 4.78 is 21.4. The van der Waals surface area contributed by atoms with Crippen molar-refractivity contribution in [1.82, 2.24) is 30.1 Å². The van der Waals surface area contributed by atoms with Gasteiger partial charge >= 0.3 is 0 Å². The van der Waals surface area contributed by atoms with E-state index in [-0.39, 0.29) is 24.9 Å². The molecule has 0 spiro atoms. The highest BCUT2D eigenvalue weighted by atomic mass is 19.1. The number of halogens is 1. The lowest BCUT2D eigenvalue weighted by atomic mass is 10.3. The van der Waals surface area contributed by atoms with Crippen molar-refractivity contribution in [3.05, 3.63) is 59.9 Å². The second kappa shape index (κ2) is 7.56. The first kappa shape index (κ1) is 16.6. The summed E-state index contributed by atoms with van der Waals surface area (Å²) in [6, 6.07) is 7.53. The number of hydrogen-bond donors (Lipinski definition) is 1. The van der Waals surface area contributed by atoms with Crippen LogP contribution in [0.3, 0.4) is 0 Å². The first-order chi connectivity index (χ1) is 12.1. The number of amides is 1. The third-order valence-corrected chi connectivity index (χ3v) is 3.33. The predicted molar refractivity (Wildman–Crippen MR) is 85.8 cm³/mol.